The summed E-state index contributed by atoms with van der Waals surface area (Å²) in [4.78, 5) is 16.3. The predicted octanol–water partition coefficient (Wildman–Crippen LogP) is 2.71. The largest absolute Gasteiger partial charge is 0.345 e. The van der Waals surface area contributed by atoms with Crippen LogP contribution >= 0.6 is 0 Å². The third-order valence-corrected chi connectivity index (χ3v) is 2.97. The molecule has 2 heterocycles. The van der Waals surface area contributed by atoms with Gasteiger partial charge in [0.25, 0.3) is 5.91 Å². The quantitative estimate of drug-likeness (QED) is 0.899. The first kappa shape index (κ1) is 14.2. The van der Waals surface area contributed by atoms with Gasteiger partial charge in [0.15, 0.2) is 0 Å². The van der Waals surface area contributed by atoms with Crippen LogP contribution in [0.5, 0.6) is 0 Å². The van der Waals surface area contributed by atoms with Crippen LogP contribution in [0.2, 0.25) is 0 Å². The van der Waals surface area contributed by atoms with Crippen molar-refractivity contribution in [3.05, 3.63) is 48.0 Å². The fourth-order valence-corrected chi connectivity index (χ4v) is 2.06. The number of nitrogens with one attached hydrogen (secondary N) is 2. The van der Waals surface area contributed by atoms with Crippen molar-refractivity contribution in [1.82, 2.24) is 20.5 Å². The molecule has 0 aliphatic rings. The lowest BCUT2D eigenvalue weighted by atomic mass is 9.85. The van der Waals surface area contributed by atoms with Crippen molar-refractivity contribution < 1.29 is 4.79 Å². The maximum atomic E-state index is 12.2. The Labute approximate surface area is 118 Å². The first-order valence-electron chi connectivity index (χ1n) is 6.65. The Morgan fingerprint density at radius 1 is 1.40 bits per heavy atom. The lowest BCUT2D eigenvalue weighted by Gasteiger charge is -2.26. The molecule has 5 nitrogen and oxygen atoms in total. The third kappa shape index (κ3) is 3.91. The zero-order chi connectivity index (χ0) is 14.6. The van der Waals surface area contributed by atoms with Gasteiger partial charge >= 0.3 is 0 Å². The molecule has 1 atom stereocenters. The van der Waals surface area contributed by atoms with Crippen LogP contribution in [0.1, 0.15) is 49.2 Å². The van der Waals surface area contributed by atoms with Gasteiger partial charge in [0.1, 0.15) is 0 Å². The normalized spacial score (nSPS) is 12.9. The summed E-state index contributed by atoms with van der Waals surface area (Å²) in [7, 11) is 0. The highest BCUT2D eigenvalue weighted by molar-refractivity contribution is 5.93. The van der Waals surface area contributed by atoms with Crippen LogP contribution in [0.4, 0.5) is 0 Å². The van der Waals surface area contributed by atoms with E-state index in [9.17, 15) is 4.79 Å². The van der Waals surface area contributed by atoms with Gasteiger partial charge in [0.2, 0.25) is 0 Å². The molecule has 106 valence electrons. The van der Waals surface area contributed by atoms with Gasteiger partial charge < -0.3 is 5.32 Å². The molecule has 5 heteroatoms. The highest BCUT2D eigenvalue weighted by atomic mass is 16.1. The van der Waals surface area contributed by atoms with E-state index >= 15 is 0 Å². The van der Waals surface area contributed by atoms with Crippen molar-refractivity contribution in [2.24, 2.45) is 5.41 Å². The molecule has 0 saturated carbocycles. The van der Waals surface area contributed by atoms with E-state index in [4.69, 9.17) is 0 Å². The molecule has 2 aromatic heterocycles. The fraction of sp³-hybridized carbons (Fsp3) is 0.400. The Hall–Kier alpha value is -2.17. The Morgan fingerprint density at radius 2 is 2.20 bits per heavy atom. The van der Waals surface area contributed by atoms with Crippen molar-refractivity contribution in [2.45, 2.75) is 33.2 Å². The molecule has 0 aliphatic heterocycles. The van der Waals surface area contributed by atoms with E-state index in [1.807, 2.05) is 12.1 Å². The molecule has 0 aliphatic carbocycles. The smallest absolute Gasteiger partial charge is 0.254 e. The number of pyridine rings is 1. The molecule has 2 rings (SSSR count). The van der Waals surface area contributed by atoms with E-state index in [-0.39, 0.29) is 17.4 Å². The number of rotatable bonds is 4. The van der Waals surface area contributed by atoms with E-state index in [0.29, 0.717) is 5.56 Å². The van der Waals surface area contributed by atoms with Gasteiger partial charge in [0, 0.05) is 18.6 Å². The van der Waals surface area contributed by atoms with Crippen LogP contribution in [0, 0.1) is 5.41 Å². The standard InChI is InChI=1S/C15H20N4O/c1-15(2,3)7-13(11-5-4-6-16-8-11)19-14(20)12-9-17-18-10-12/h4-6,8-10,13H,7H2,1-3H3,(H,17,18)(H,19,20)/t13-/m1/s1. The molecule has 0 spiro atoms. The number of nitrogens with zero attached hydrogens (tertiary/aromatic N) is 2. The topological polar surface area (TPSA) is 70.7 Å². The maximum Gasteiger partial charge on any atom is 0.254 e. The second-order valence-electron chi connectivity index (χ2n) is 6.06. The van der Waals surface area contributed by atoms with Crippen LogP contribution in [-0.4, -0.2) is 21.1 Å². The Kier molecular flexibility index (Phi) is 4.17. The number of amides is 1. The molecule has 0 fully saturated rings. The molecule has 1 amide bonds. The average molecular weight is 272 g/mol. The SMILES string of the molecule is CC(C)(C)C[C@@H](NC(=O)c1cn[nH]c1)c1cccnc1. The zero-order valence-electron chi connectivity index (χ0n) is 12.1. The maximum absolute atomic E-state index is 12.2. The summed E-state index contributed by atoms with van der Waals surface area (Å²) in [6.45, 7) is 6.46. The molecule has 2 aromatic rings. The van der Waals surface area contributed by atoms with E-state index in [0.717, 1.165) is 12.0 Å². The van der Waals surface area contributed by atoms with Gasteiger partial charge in [-0.2, -0.15) is 5.10 Å². The fourth-order valence-electron chi connectivity index (χ4n) is 2.06. The molecule has 0 aromatic carbocycles. The second-order valence-corrected chi connectivity index (χ2v) is 6.06. The molecule has 2 N–H and O–H groups in total. The van der Waals surface area contributed by atoms with Crippen molar-refractivity contribution in [3.8, 4) is 0 Å². The van der Waals surface area contributed by atoms with Gasteiger partial charge in [0.05, 0.1) is 17.8 Å². The molecule has 0 saturated heterocycles. The Balaban J connectivity index is 2.17. The molecule has 0 unspecified atom stereocenters. The van der Waals surface area contributed by atoms with Gasteiger partial charge in [-0.25, -0.2) is 0 Å². The summed E-state index contributed by atoms with van der Waals surface area (Å²) in [6.07, 6.45) is 7.48. The van der Waals surface area contributed by atoms with E-state index < -0.39 is 0 Å². The van der Waals surface area contributed by atoms with Gasteiger partial charge in [-0.3, -0.25) is 14.9 Å². The van der Waals surface area contributed by atoms with Crippen LogP contribution < -0.4 is 5.32 Å². The lowest BCUT2D eigenvalue weighted by Crippen LogP contribution is -2.31. The third-order valence-electron chi connectivity index (χ3n) is 2.97. The highest BCUT2D eigenvalue weighted by Gasteiger charge is 2.22. The number of carbonyl (C=O) groups is 1. The number of aromatic nitrogens is 3. The second kappa shape index (κ2) is 5.86. The van der Waals surface area contributed by atoms with Crippen molar-refractivity contribution in [2.75, 3.05) is 0 Å². The van der Waals surface area contributed by atoms with Gasteiger partial charge in [-0.05, 0) is 23.5 Å². The van der Waals surface area contributed by atoms with Crippen LogP contribution in [0.25, 0.3) is 0 Å². The minimum Gasteiger partial charge on any atom is -0.345 e. The summed E-state index contributed by atoms with van der Waals surface area (Å²) >= 11 is 0. The predicted molar refractivity (Wildman–Crippen MR) is 77.1 cm³/mol. The Bertz CT molecular complexity index is 543. The summed E-state index contributed by atoms with van der Waals surface area (Å²) in [5.74, 6) is -0.128. The van der Waals surface area contributed by atoms with E-state index in [1.54, 1.807) is 18.6 Å². The van der Waals surface area contributed by atoms with Crippen molar-refractivity contribution in [1.29, 1.82) is 0 Å². The summed E-state index contributed by atoms with van der Waals surface area (Å²) in [5, 5.41) is 9.50. The van der Waals surface area contributed by atoms with Crippen molar-refractivity contribution in [3.63, 3.8) is 0 Å². The first-order chi connectivity index (χ1) is 9.46. The number of H-pyrrole nitrogens is 1. The minimum atomic E-state index is -0.128. The molecule has 20 heavy (non-hydrogen) atoms. The van der Waals surface area contributed by atoms with Crippen LogP contribution in [0.15, 0.2) is 36.9 Å². The number of hydrogen-bond acceptors (Lipinski definition) is 3. The lowest BCUT2D eigenvalue weighted by molar-refractivity contribution is 0.0926. The summed E-state index contributed by atoms with van der Waals surface area (Å²) < 4.78 is 0. The summed E-state index contributed by atoms with van der Waals surface area (Å²) in [6, 6.07) is 3.81. The monoisotopic (exact) mass is 272 g/mol. The van der Waals surface area contributed by atoms with Gasteiger partial charge in [-0.1, -0.05) is 26.8 Å². The zero-order valence-corrected chi connectivity index (χ0v) is 12.1. The first-order valence-corrected chi connectivity index (χ1v) is 6.65. The molecular weight excluding hydrogens is 252 g/mol. The summed E-state index contributed by atoms with van der Waals surface area (Å²) in [5.41, 5.74) is 1.65. The number of hydrogen-bond donors (Lipinski definition) is 2. The van der Waals surface area contributed by atoms with Crippen LogP contribution in [0.3, 0.4) is 0 Å². The van der Waals surface area contributed by atoms with Gasteiger partial charge in [-0.15, -0.1) is 0 Å². The van der Waals surface area contributed by atoms with Crippen molar-refractivity contribution >= 4 is 5.91 Å². The highest BCUT2D eigenvalue weighted by Crippen LogP contribution is 2.29. The Morgan fingerprint density at radius 3 is 2.75 bits per heavy atom. The molecule has 0 bridgehead atoms. The number of aromatic amines is 1. The molecule has 0 radical (unpaired) electrons. The average Bonchev–Trinajstić information content (AvgIpc) is 2.91. The molecular formula is C15H20N4O. The minimum absolute atomic E-state index is 0.0638. The van der Waals surface area contributed by atoms with Crippen LogP contribution in [-0.2, 0) is 0 Å². The van der Waals surface area contributed by atoms with E-state index in [2.05, 4.69) is 41.3 Å². The number of carbonyl (C=O) groups excluding carboxylic acids is 1. The van der Waals surface area contributed by atoms with E-state index in [1.165, 1.54) is 6.20 Å².